The minimum atomic E-state index is 0.435. The first-order valence-electron chi connectivity index (χ1n) is 5.07. The van der Waals surface area contributed by atoms with Crippen molar-refractivity contribution in [3.8, 4) is 5.75 Å². The van der Waals surface area contributed by atoms with Crippen molar-refractivity contribution in [3.63, 3.8) is 0 Å². The molecule has 17 heavy (non-hydrogen) atoms. The van der Waals surface area contributed by atoms with Gasteiger partial charge < -0.3 is 4.74 Å². The van der Waals surface area contributed by atoms with E-state index in [9.17, 15) is 0 Å². The standard InChI is InChI=1S/C12H11BrClNOS/c1-8-15-11(7-17-8)6-16-12-3-2-10(13)4-9(12)5-14/h2-4,7H,5-6H2,1H3. The summed E-state index contributed by atoms with van der Waals surface area (Å²) >= 11 is 10.9. The molecule has 0 N–H and O–H groups in total. The molecule has 0 aliphatic rings. The van der Waals surface area contributed by atoms with Crippen LogP contribution in [0.15, 0.2) is 28.1 Å². The van der Waals surface area contributed by atoms with Gasteiger partial charge in [0, 0.05) is 15.4 Å². The molecule has 0 saturated heterocycles. The van der Waals surface area contributed by atoms with Gasteiger partial charge in [-0.25, -0.2) is 4.98 Å². The van der Waals surface area contributed by atoms with Crippen LogP contribution in [-0.2, 0) is 12.5 Å². The third-order valence-electron chi connectivity index (χ3n) is 2.21. The number of benzene rings is 1. The number of aromatic nitrogens is 1. The first-order valence-corrected chi connectivity index (χ1v) is 7.28. The molecule has 90 valence electrons. The fourth-order valence-electron chi connectivity index (χ4n) is 1.42. The highest BCUT2D eigenvalue weighted by Crippen LogP contribution is 2.25. The van der Waals surface area contributed by atoms with Gasteiger partial charge >= 0.3 is 0 Å². The first-order chi connectivity index (χ1) is 8.19. The summed E-state index contributed by atoms with van der Waals surface area (Å²) < 4.78 is 6.73. The Labute approximate surface area is 118 Å². The van der Waals surface area contributed by atoms with Crippen LogP contribution < -0.4 is 4.74 Å². The van der Waals surface area contributed by atoms with Crippen LogP contribution in [0.1, 0.15) is 16.3 Å². The molecule has 2 rings (SSSR count). The molecular formula is C12H11BrClNOS. The van der Waals surface area contributed by atoms with Crippen LogP contribution in [0, 0.1) is 6.92 Å². The van der Waals surface area contributed by atoms with E-state index < -0.39 is 0 Å². The largest absolute Gasteiger partial charge is 0.487 e. The number of aryl methyl sites for hydroxylation is 1. The zero-order valence-corrected chi connectivity index (χ0v) is 12.4. The van der Waals surface area contributed by atoms with Crippen molar-refractivity contribution >= 4 is 38.9 Å². The van der Waals surface area contributed by atoms with Gasteiger partial charge in [0.05, 0.1) is 16.6 Å². The van der Waals surface area contributed by atoms with E-state index in [2.05, 4.69) is 20.9 Å². The second kappa shape index (κ2) is 5.85. The summed E-state index contributed by atoms with van der Waals surface area (Å²) in [6.45, 7) is 2.47. The molecule has 2 nitrogen and oxygen atoms in total. The van der Waals surface area contributed by atoms with Crippen molar-refractivity contribution in [2.24, 2.45) is 0 Å². The minimum absolute atomic E-state index is 0.435. The van der Waals surface area contributed by atoms with E-state index in [-0.39, 0.29) is 0 Å². The summed E-state index contributed by atoms with van der Waals surface area (Å²) in [5.74, 6) is 1.25. The SMILES string of the molecule is Cc1nc(COc2ccc(Br)cc2CCl)cs1. The number of thiazole rings is 1. The number of hydrogen-bond donors (Lipinski definition) is 0. The topological polar surface area (TPSA) is 22.1 Å². The molecule has 0 saturated carbocycles. The fourth-order valence-corrected chi connectivity index (χ4v) is 2.63. The van der Waals surface area contributed by atoms with Crippen LogP contribution in [-0.4, -0.2) is 4.98 Å². The molecule has 2 aromatic rings. The van der Waals surface area contributed by atoms with Crippen molar-refractivity contribution in [2.45, 2.75) is 19.4 Å². The van der Waals surface area contributed by atoms with E-state index in [1.54, 1.807) is 11.3 Å². The molecule has 1 aromatic carbocycles. The van der Waals surface area contributed by atoms with Crippen molar-refractivity contribution in [2.75, 3.05) is 0 Å². The van der Waals surface area contributed by atoms with Crippen molar-refractivity contribution in [1.29, 1.82) is 0 Å². The predicted molar refractivity (Wildman–Crippen MR) is 74.9 cm³/mol. The zero-order chi connectivity index (χ0) is 12.3. The highest BCUT2D eigenvalue weighted by Gasteiger charge is 2.05. The van der Waals surface area contributed by atoms with Crippen LogP contribution in [0.25, 0.3) is 0 Å². The normalized spacial score (nSPS) is 10.5. The van der Waals surface area contributed by atoms with E-state index in [1.807, 2.05) is 30.5 Å². The van der Waals surface area contributed by atoms with Gasteiger partial charge in [-0.2, -0.15) is 0 Å². The second-order valence-corrected chi connectivity index (χ2v) is 5.78. The van der Waals surface area contributed by atoms with Gasteiger partial charge in [0.1, 0.15) is 12.4 Å². The second-order valence-electron chi connectivity index (χ2n) is 3.53. The maximum absolute atomic E-state index is 5.88. The van der Waals surface area contributed by atoms with Gasteiger partial charge in [-0.15, -0.1) is 22.9 Å². The number of halogens is 2. The molecule has 0 radical (unpaired) electrons. The maximum atomic E-state index is 5.88. The summed E-state index contributed by atoms with van der Waals surface area (Å²) in [6.07, 6.45) is 0. The number of hydrogen-bond acceptors (Lipinski definition) is 3. The number of rotatable bonds is 4. The quantitative estimate of drug-likeness (QED) is 0.767. The number of alkyl halides is 1. The van der Waals surface area contributed by atoms with Crippen LogP contribution in [0.4, 0.5) is 0 Å². The lowest BCUT2D eigenvalue weighted by molar-refractivity contribution is 0.299. The van der Waals surface area contributed by atoms with Gasteiger partial charge in [-0.1, -0.05) is 15.9 Å². The number of nitrogens with zero attached hydrogens (tertiary/aromatic N) is 1. The first kappa shape index (κ1) is 12.9. The van der Waals surface area contributed by atoms with Gasteiger partial charge in [0.2, 0.25) is 0 Å². The monoisotopic (exact) mass is 331 g/mol. The Bertz CT molecular complexity index is 515. The van der Waals surface area contributed by atoms with Crippen molar-refractivity contribution in [1.82, 2.24) is 4.98 Å². The Morgan fingerprint density at radius 2 is 2.29 bits per heavy atom. The molecule has 0 aliphatic carbocycles. The Kier molecular flexibility index (Phi) is 4.42. The van der Waals surface area contributed by atoms with Crippen LogP contribution in [0.5, 0.6) is 5.75 Å². The van der Waals surface area contributed by atoms with E-state index >= 15 is 0 Å². The van der Waals surface area contributed by atoms with E-state index in [1.165, 1.54) is 0 Å². The third kappa shape index (κ3) is 3.44. The van der Waals surface area contributed by atoms with Crippen molar-refractivity contribution < 1.29 is 4.74 Å². The lowest BCUT2D eigenvalue weighted by Crippen LogP contribution is -1.98. The summed E-state index contributed by atoms with van der Waals surface area (Å²) in [5.41, 5.74) is 1.93. The average molecular weight is 333 g/mol. The highest BCUT2D eigenvalue weighted by atomic mass is 79.9. The highest BCUT2D eigenvalue weighted by molar-refractivity contribution is 9.10. The molecule has 1 aromatic heterocycles. The van der Waals surface area contributed by atoms with Crippen LogP contribution in [0.2, 0.25) is 0 Å². The predicted octanol–water partition coefficient (Wildman–Crippen LogP) is 4.53. The smallest absolute Gasteiger partial charge is 0.131 e. The van der Waals surface area contributed by atoms with Crippen LogP contribution in [0.3, 0.4) is 0 Å². The summed E-state index contributed by atoms with van der Waals surface area (Å²) in [4.78, 5) is 4.35. The molecule has 0 bridgehead atoms. The van der Waals surface area contributed by atoms with Gasteiger partial charge in [-0.3, -0.25) is 0 Å². The Morgan fingerprint density at radius 3 is 2.94 bits per heavy atom. The van der Waals surface area contributed by atoms with E-state index in [0.29, 0.717) is 12.5 Å². The molecule has 0 amide bonds. The van der Waals surface area contributed by atoms with Gasteiger partial charge in [0.25, 0.3) is 0 Å². The van der Waals surface area contributed by atoms with Gasteiger partial charge in [-0.05, 0) is 25.1 Å². The van der Waals surface area contributed by atoms with E-state index in [0.717, 1.165) is 26.5 Å². The summed E-state index contributed by atoms with van der Waals surface area (Å²) in [7, 11) is 0. The van der Waals surface area contributed by atoms with E-state index in [4.69, 9.17) is 16.3 Å². The molecule has 1 heterocycles. The lowest BCUT2D eigenvalue weighted by atomic mass is 10.2. The Balaban J connectivity index is 2.08. The zero-order valence-electron chi connectivity index (χ0n) is 9.24. The molecule has 0 fully saturated rings. The lowest BCUT2D eigenvalue weighted by Gasteiger charge is -2.09. The molecule has 0 atom stereocenters. The molecule has 0 unspecified atom stereocenters. The fraction of sp³-hybridized carbons (Fsp3) is 0.250. The van der Waals surface area contributed by atoms with Crippen LogP contribution >= 0.6 is 38.9 Å². The average Bonchev–Trinajstić information content (AvgIpc) is 2.73. The number of ether oxygens (including phenoxy) is 1. The van der Waals surface area contributed by atoms with Crippen molar-refractivity contribution in [3.05, 3.63) is 44.3 Å². The Hall–Kier alpha value is -0.580. The molecule has 0 spiro atoms. The maximum Gasteiger partial charge on any atom is 0.131 e. The summed E-state index contributed by atoms with van der Waals surface area (Å²) in [5, 5.41) is 3.06. The van der Waals surface area contributed by atoms with Gasteiger partial charge in [0.15, 0.2) is 0 Å². The third-order valence-corrected chi connectivity index (χ3v) is 3.81. The molecule has 0 aliphatic heterocycles. The molecule has 5 heteroatoms. The molecular weight excluding hydrogens is 322 g/mol. The summed E-state index contributed by atoms with van der Waals surface area (Å²) in [6, 6.07) is 5.83. The minimum Gasteiger partial charge on any atom is -0.487 e. The Morgan fingerprint density at radius 1 is 1.47 bits per heavy atom.